The van der Waals surface area contributed by atoms with Crippen molar-refractivity contribution in [1.82, 2.24) is 9.78 Å². The second-order valence-corrected chi connectivity index (χ2v) is 4.75. The summed E-state index contributed by atoms with van der Waals surface area (Å²) in [6, 6.07) is 0. The van der Waals surface area contributed by atoms with Crippen LogP contribution in [-0.4, -0.2) is 39.1 Å². The van der Waals surface area contributed by atoms with Crippen LogP contribution in [0, 0.1) is 12.3 Å². The number of carbonyl (C=O) groups is 1. The predicted octanol–water partition coefficient (Wildman–Crippen LogP) is 0.611. The number of carboxylic acid groups (broad SMARTS) is 1. The van der Waals surface area contributed by atoms with Crippen LogP contribution in [0.4, 0.5) is 5.82 Å². The average Bonchev–Trinajstić information content (AvgIpc) is 2.97. The highest BCUT2D eigenvalue weighted by Gasteiger charge is 2.42. The van der Waals surface area contributed by atoms with E-state index in [-0.39, 0.29) is 17.6 Å². The van der Waals surface area contributed by atoms with Gasteiger partial charge in [0.05, 0.1) is 12.3 Å². The monoisotopic (exact) mass is 239 g/mol. The number of aliphatic hydroxyl groups is 1. The van der Waals surface area contributed by atoms with Gasteiger partial charge in [-0.25, -0.2) is 4.79 Å². The molecule has 0 aromatic carbocycles. The molecule has 1 saturated carbocycles. The minimum absolute atomic E-state index is 0.0616. The molecule has 0 bridgehead atoms. The lowest BCUT2D eigenvalue weighted by Gasteiger charge is -2.14. The SMILES string of the molecule is Cc1nn(C)c(NCC2(CO)CC2)c1C(=O)O. The van der Waals surface area contributed by atoms with Gasteiger partial charge in [0.15, 0.2) is 0 Å². The molecule has 1 heterocycles. The first-order valence-corrected chi connectivity index (χ1v) is 5.61. The summed E-state index contributed by atoms with van der Waals surface area (Å²) < 4.78 is 1.53. The fourth-order valence-electron chi connectivity index (χ4n) is 1.96. The van der Waals surface area contributed by atoms with Crippen molar-refractivity contribution >= 4 is 11.8 Å². The van der Waals surface area contributed by atoms with Gasteiger partial charge in [-0.2, -0.15) is 5.10 Å². The van der Waals surface area contributed by atoms with E-state index in [2.05, 4.69) is 10.4 Å². The number of aryl methyl sites for hydroxylation is 2. The third-order valence-electron chi connectivity index (χ3n) is 3.36. The first-order valence-electron chi connectivity index (χ1n) is 5.61. The van der Waals surface area contributed by atoms with Crippen LogP contribution in [0.5, 0.6) is 0 Å². The van der Waals surface area contributed by atoms with Crippen LogP contribution in [-0.2, 0) is 7.05 Å². The lowest BCUT2D eigenvalue weighted by molar-refractivity contribution is 0.0697. The number of hydrogen-bond acceptors (Lipinski definition) is 4. The van der Waals surface area contributed by atoms with E-state index in [0.29, 0.717) is 18.1 Å². The average molecular weight is 239 g/mol. The highest BCUT2D eigenvalue weighted by atomic mass is 16.4. The van der Waals surface area contributed by atoms with E-state index in [1.54, 1.807) is 14.0 Å². The van der Waals surface area contributed by atoms with Crippen molar-refractivity contribution in [2.45, 2.75) is 19.8 Å². The Morgan fingerprint density at radius 1 is 1.59 bits per heavy atom. The lowest BCUT2D eigenvalue weighted by Crippen LogP contribution is -2.21. The van der Waals surface area contributed by atoms with Crippen molar-refractivity contribution in [3.05, 3.63) is 11.3 Å². The van der Waals surface area contributed by atoms with Gasteiger partial charge in [0.2, 0.25) is 0 Å². The second-order valence-electron chi connectivity index (χ2n) is 4.75. The van der Waals surface area contributed by atoms with Gasteiger partial charge in [0.25, 0.3) is 0 Å². The van der Waals surface area contributed by atoms with Gasteiger partial charge in [-0.15, -0.1) is 0 Å². The first kappa shape index (κ1) is 11.9. The Kier molecular flexibility index (Phi) is 2.82. The molecule has 94 valence electrons. The number of aliphatic hydroxyl groups excluding tert-OH is 1. The third-order valence-corrected chi connectivity index (χ3v) is 3.36. The minimum atomic E-state index is -0.980. The van der Waals surface area contributed by atoms with E-state index in [4.69, 9.17) is 5.11 Å². The molecule has 1 fully saturated rings. The maximum Gasteiger partial charge on any atom is 0.341 e. The number of anilines is 1. The highest BCUT2D eigenvalue weighted by molar-refractivity contribution is 5.94. The largest absolute Gasteiger partial charge is 0.477 e. The molecule has 1 aromatic heterocycles. The molecule has 0 amide bonds. The number of hydrogen-bond donors (Lipinski definition) is 3. The van der Waals surface area contributed by atoms with Gasteiger partial charge in [0.1, 0.15) is 11.4 Å². The Morgan fingerprint density at radius 3 is 2.71 bits per heavy atom. The molecule has 3 N–H and O–H groups in total. The summed E-state index contributed by atoms with van der Waals surface area (Å²) in [6.45, 7) is 2.40. The topological polar surface area (TPSA) is 87.4 Å². The molecule has 17 heavy (non-hydrogen) atoms. The zero-order chi connectivity index (χ0) is 12.6. The Labute approximate surface area is 99.3 Å². The fourth-order valence-corrected chi connectivity index (χ4v) is 1.96. The zero-order valence-corrected chi connectivity index (χ0v) is 10.0. The number of aromatic carboxylic acids is 1. The Balaban J connectivity index is 2.17. The molecule has 0 unspecified atom stereocenters. The molecule has 1 aliphatic rings. The second kappa shape index (κ2) is 4.03. The quantitative estimate of drug-likeness (QED) is 0.700. The highest BCUT2D eigenvalue weighted by Crippen LogP contribution is 2.45. The fraction of sp³-hybridized carbons (Fsp3) is 0.636. The summed E-state index contributed by atoms with van der Waals surface area (Å²) in [6.07, 6.45) is 1.96. The predicted molar refractivity (Wildman–Crippen MR) is 62.1 cm³/mol. The van der Waals surface area contributed by atoms with Gasteiger partial charge in [-0.1, -0.05) is 0 Å². The molecule has 6 nitrogen and oxygen atoms in total. The molecule has 0 radical (unpaired) electrons. The lowest BCUT2D eigenvalue weighted by atomic mass is 10.1. The van der Waals surface area contributed by atoms with Crippen molar-refractivity contribution in [1.29, 1.82) is 0 Å². The molecule has 1 aliphatic carbocycles. The summed E-state index contributed by atoms with van der Waals surface area (Å²) >= 11 is 0. The molecule has 0 saturated heterocycles. The molecule has 2 rings (SSSR count). The maximum atomic E-state index is 11.1. The van der Waals surface area contributed by atoms with E-state index in [9.17, 15) is 9.90 Å². The zero-order valence-electron chi connectivity index (χ0n) is 10.0. The van der Waals surface area contributed by atoms with Crippen LogP contribution >= 0.6 is 0 Å². The smallest absolute Gasteiger partial charge is 0.341 e. The molecular weight excluding hydrogens is 222 g/mol. The van der Waals surface area contributed by atoms with E-state index >= 15 is 0 Å². The number of nitrogens with zero attached hydrogens (tertiary/aromatic N) is 2. The number of aromatic nitrogens is 2. The van der Waals surface area contributed by atoms with E-state index in [0.717, 1.165) is 12.8 Å². The van der Waals surface area contributed by atoms with Crippen LogP contribution in [0.25, 0.3) is 0 Å². The van der Waals surface area contributed by atoms with Crippen molar-refractivity contribution in [3.63, 3.8) is 0 Å². The first-order chi connectivity index (χ1) is 7.99. The van der Waals surface area contributed by atoms with E-state index in [1.807, 2.05) is 0 Å². The van der Waals surface area contributed by atoms with Gasteiger partial charge in [-0.05, 0) is 19.8 Å². The molecule has 0 spiro atoms. The van der Waals surface area contributed by atoms with Crippen molar-refractivity contribution in [2.24, 2.45) is 12.5 Å². The molecule has 6 heteroatoms. The minimum Gasteiger partial charge on any atom is -0.477 e. The van der Waals surface area contributed by atoms with Crippen LogP contribution in [0.2, 0.25) is 0 Å². The normalized spacial score (nSPS) is 16.9. The van der Waals surface area contributed by atoms with Crippen LogP contribution < -0.4 is 5.32 Å². The maximum absolute atomic E-state index is 11.1. The molecule has 0 atom stereocenters. The molecule has 1 aromatic rings. The van der Waals surface area contributed by atoms with E-state index < -0.39 is 5.97 Å². The van der Waals surface area contributed by atoms with E-state index in [1.165, 1.54) is 4.68 Å². The summed E-state index contributed by atoms with van der Waals surface area (Å²) in [5.41, 5.74) is 0.645. The number of nitrogens with one attached hydrogen (secondary N) is 1. The third kappa shape index (κ3) is 2.12. The Morgan fingerprint density at radius 2 is 2.24 bits per heavy atom. The molecular formula is C11H17N3O3. The van der Waals surface area contributed by atoms with Crippen LogP contribution in [0.1, 0.15) is 28.9 Å². The molecule has 0 aliphatic heterocycles. The summed E-state index contributed by atoms with van der Waals surface area (Å²) in [7, 11) is 1.71. The summed E-state index contributed by atoms with van der Waals surface area (Å²) in [4.78, 5) is 11.1. The number of rotatable bonds is 5. The Bertz CT molecular complexity index is 449. The van der Waals surface area contributed by atoms with Crippen molar-refractivity contribution in [3.8, 4) is 0 Å². The summed E-state index contributed by atoms with van der Waals surface area (Å²) in [5.74, 6) is -0.471. The van der Waals surface area contributed by atoms with Crippen molar-refractivity contribution < 1.29 is 15.0 Å². The summed E-state index contributed by atoms with van der Waals surface area (Å²) in [5, 5.41) is 25.5. The van der Waals surface area contributed by atoms with Gasteiger partial charge in [0, 0.05) is 19.0 Å². The van der Waals surface area contributed by atoms with Crippen LogP contribution in [0.15, 0.2) is 0 Å². The van der Waals surface area contributed by atoms with Gasteiger partial charge >= 0.3 is 5.97 Å². The van der Waals surface area contributed by atoms with Gasteiger partial charge < -0.3 is 15.5 Å². The van der Waals surface area contributed by atoms with Crippen molar-refractivity contribution in [2.75, 3.05) is 18.5 Å². The van der Waals surface area contributed by atoms with Gasteiger partial charge in [-0.3, -0.25) is 4.68 Å². The standard InChI is InChI=1S/C11H17N3O3/c1-7-8(10(16)17)9(14(2)13-7)12-5-11(6-15)3-4-11/h12,15H,3-6H2,1-2H3,(H,16,17). The Hall–Kier alpha value is -1.56. The number of carboxylic acids is 1. The van der Waals surface area contributed by atoms with Crippen LogP contribution in [0.3, 0.4) is 0 Å².